The number of ether oxygens (including phenoxy) is 1. The van der Waals surface area contributed by atoms with Crippen LogP contribution in [-0.4, -0.2) is 18.2 Å². The highest BCUT2D eigenvalue weighted by molar-refractivity contribution is 5.70. The van der Waals surface area contributed by atoms with Crippen LogP contribution in [0.25, 0.3) is 0 Å². The Bertz CT molecular complexity index is 325. The molecular weight excluding hydrogens is 257 g/mol. The summed E-state index contributed by atoms with van der Waals surface area (Å²) < 4.78 is 41.5. The Kier molecular flexibility index (Phi) is 6.60. The lowest BCUT2D eigenvalue weighted by Gasteiger charge is -2.30. The highest BCUT2D eigenvalue weighted by atomic mass is 19.4. The lowest BCUT2D eigenvalue weighted by Crippen LogP contribution is -2.29. The molecule has 0 aliphatic heterocycles. The van der Waals surface area contributed by atoms with Gasteiger partial charge in [0.1, 0.15) is 12.5 Å². The number of hydrogen-bond acceptors (Lipinski definition) is 2. The summed E-state index contributed by atoms with van der Waals surface area (Å²) in [4.78, 5) is 11.3. The van der Waals surface area contributed by atoms with Crippen LogP contribution < -0.4 is 0 Å². The Balaban J connectivity index is 4.89. The first-order chi connectivity index (χ1) is 8.51. The third kappa shape index (κ3) is 7.23. The van der Waals surface area contributed by atoms with Gasteiger partial charge in [0.05, 0.1) is 0 Å². The maximum absolute atomic E-state index is 12.1. The predicted molar refractivity (Wildman–Crippen MR) is 68.7 cm³/mol. The lowest BCUT2D eigenvalue weighted by molar-refractivity contribution is -0.174. The van der Waals surface area contributed by atoms with Crippen LogP contribution in [0.15, 0.2) is 11.6 Å². The van der Waals surface area contributed by atoms with Crippen LogP contribution >= 0.6 is 0 Å². The molecule has 0 bridgehead atoms. The summed E-state index contributed by atoms with van der Waals surface area (Å²) in [5.41, 5.74) is 0.609. The highest BCUT2D eigenvalue weighted by Crippen LogP contribution is 2.32. The largest absolute Gasteiger partial charge is 0.458 e. The fourth-order valence-corrected chi connectivity index (χ4v) is 2.01. The van der Waals surface area contributed by atoms with E-state index in [1.807, 2.05) is 33.8 Å². The van der Waals surface area contributed by atoms with Crippen molar-refractivity contribution in [3.05, 3.63) is 11.6 Å². The topological polar surface area (TPSA) is 26.3 Å². The number of carbonyl (C=O) groups is 1. The van der Waals surface area contributed by atoms with Crippen molar-refractivity contribution in [3.8, 4) is 0 Å². The zero-order valence-corrected chi connectivity index (χ0v) is 12.2. The van der Waals surface area contributed by atoms with Crippen LogP contribution in [0.5, 0.6) is 0 Å². The molecule has 112 valence electrons. The van der Waals surface area contributed by atoms with E-state index >= 15 is 0 Å². The third-order valence-corrected chi connectivity index (χ3v) is 2.69. The summed E-state index contributed by atoms with van der Waals surface area (Å²) in [6, 6.07) is 0. The van der Waals surface area contributed by atoms with Crippen LogP contribution in [-0.2, 0) is 9.53 Å². The number of halogens is 3. The van der Waals surface area contributed by atoms with Crippen LogP contribution in [0.1, 0.15) is 53.9 Å². The molecule has 0 heterocycles. The minimum Gasteiger partial charge on any atom is -0.458 e. The second-order valence-corrected chi connectivity index (χ2v) is 5.55. The van der Waals surface area contributed by atoms with Gasteiger partial charge in [0.25, 0.3) is 0 Å². The highest BCUT2D eigenvalue weighted by Gasteiger charge is 2.34. The molecule has 0 saturated heterocycles. The number of esters is 1. The minimum absolute atomic E-state index is 0.243. The molecule has 0 fully saturated rings. The molecular formula is C14H23F3O2. The van der Waals surface area contributed by atoms with Gasteiger partial charge in [0.15, 0.2) is 0 Å². The zero-order valence-electron chi connectivity index (χ0n) is 12.2. The molecule has 0 aromatic rings. The number of alkyl halides is 3. The van der Waals surface area contributed by atoms with Crippen molar-refractivity contribution in [2.45, 2.75) is 66.2 Å². The van der Waals surface area contributed by atoms with E-state index in [0.29, 0.717) is 6.42 Å². The molecule has 0 radical (unpaired) electrons. The Morgan fingerprint density at radius 3 is 2.11 bits per heavy atom. The first-order valence-corrected chi connectivity index (χ1v) is 6.44. The Morgan fingerprint density at radius 1 is 1.26 bits per heavy atom. The molecule has 1 unspecified atom stereocenters. The number of allylic oxidation sites excluding steroid dienone is 1. The van der Waals surface area contributed by atoms with Crippen molar-refractivity contribution in [1.82, 2.24) is 0 Å². The van der Waals surface area contributed by atoms with Gasteiger partial charge in [-0.2, -0.15) is 13.2 Å². The van der Waals surface area contributed by atoms with E-state index in [4.69, 9.17) is 4.74 Å². The van der Waals surface area contributed by atoms with Gasteiger partial charge in [0.2, 0.25) is 0 Å². The van der Waals surface area contributed by atoms with Crippen molar-refractivity contribution < 1.29 is 22.7 Å². The zero-order chi connectivity index (χ0) is 15.3. The molecule has 0 aromatic heterocycles. The van der Waals surface area contributed by atoms with Crippen molar-refractivity contribution in [3.63, 3.8) is 0 Å². The van der Waals surface area contributed by atoms with Gasteiger partial charge in [-0.05, 0) is 24.3 Å². The molecule has 19 heavy (non-hydrogen) atoms. The van der Waals surface area contributed by atoms with Gasteiger partial charge in [-0.15, -0.1) is 0 Å². The Labute approximate surface area is 113 Å². The lowest BCUT2D eigenvalue weighted by atomic mass is 9.81. The molecule has 0 amide bonds. The molecule has 0 aromatic carbocycles. The Morgan fingerprint density at radius 2 is 1.79 bits per heavy atom. The fourth-order valence-electron chi connectivity index (χ4n) is 2.01. The van der Waals surface area contributed by atoms with Crippen LogP contribution in [0, 0.1) is 5.41 Å². The summed E-state index contributed by atoms with van der Waals surface area (Å²) in [5.74, 6) is -1.21. The van der Waals surface area contributed by atoms with Crippen LogP contribution in [0.4, 0.5) is 13.2 Å². The molecule has 0 rings (SSSR count). The van der Waals surface area contributed by atoms with E-state index in [-0.39, 0.29) is 5.41 Å². The van der Waals surface area contributed by atoms with Crippen LogP contribution in [0.2, 0.25) is 0 Å². The average molecular weight is 280 g/mol. The maximum Gasteiger partial charge on any atom is 0.399 e. The smallest absolute Gasteiger partial charge is 0.399 e. The summed E-state index contributed by atoms with van der Waals surface area (Å²) in [5, 5.41) is 0. The van der Waals surface area contributed by atoms with Gasteiger partial charge >= 0.3 is 12.1 Å². The molecule has 5 heteroatoms. The van der Waals surface area contributed by atoms with E-state index in [2.05, 4.69) is 0 Å². The first-order valence-electron chi connectivity index (χ1n) is 6.44. The van der Waals surface area contributed by atoms with Crippen molar-refractivity contribution in [2.75, 3.05) is 0 Å². The SMILES string of the molecule is C/C=C(/C(CCC)OC(=O)CC(F)(F)F)C(C)(C)C. The summed E-state index contributed by atoms with van der Waals surface area (Å²) in [6.45, 7) is 9.55. The van der Waals surface area contributed by atoms with Gasteiger partial charge < -0.3 is 4.74 Å². The van der Waals surface area contributed by atoms with E-state index in [9.17, 15) is 18.0 Å². The van der Waals surface area contributed by atoms with Crippen molar-refractivity contribution in [1.29, 1.82) is 0 Å². The summed E-state index contributed by atoms with van der Waals surface area (Å²) >= 11 is 0. The molecule has 0 spiro atoms. The second-order valence-electron chi connectivity index (χ2n) is 5.55. The first kappa shape index (κ1) is 18.0. The minimum atomic E-state index is -4.52. The van der Waals surface area contributed by atoms with E-state index in [0.717, 1.165) is 12.0 Å². The monoisotopic (exact) mass is 280 g/mol. The van der Waals surface area contributed by atoms with Gasteiger partial charge in [0, 0.05) is 0 Å². The quantitative estimate of drug-likeness (QED) is 0.541. The van der Waals surface area contributed by atoms with Crippen molar-refractivity contribution >= 4 is 5.97 Å². The molecule has 2 nitrogen and oxygen atoms in total. The molecule has 0 N–H and O–H groups in total. The van der Waals surface area contributed by atoms with E-state index < -0.39 is 24.7 Å². The molecule has 0 aliphatic carbocycles. The van der Waals surface area contributed by atoms with Gasteiger partial charge in [-0.25, -0.2) is 0 Å². The summed E-state index contributed by atoms with van der Waals surface area (Å²) in [7, 11) is 0. The van der Waals surface area contributed by atoms with Gasteiger partial charge in [-0.3, -0.25) is 4.79 Å². The van der Waals surface area contributed by atoms with Crippen LogP contribution in [0.3, 0.4) is 0 Å². The van der Waals surface area contributed by atoms with Crippen molar-refractivity contribution in [2.24, 2.45) is 5.41 Å². The standard InChI is InChI=1S/C14H23F3O2/c1-6-8-11(10(7-2)13(3,4)5)19-12(18)9-14(15,16)17/h7,11H,6,8-9H2,1-5H3/b10-7-. The number of carbonyl (C=O) groups excluding carboxylic acids is 1. The van der Waals surface area contributed by atoms with Gasteiger partial charge in [-0.1, -0.05) is 40.2 Å². The Hall–Kier alpha value is -1.00. The summed E-state index contributed by atoms with van der Waals surface area (Å²) in [6.07, 6.45) is -3.55. The van der Waals surface area contributed by atoms with E-state index in [1.54, 1.807) is 6.92 Å². The number of rotatable bonds is 5. The molecule has 0 saturated carbocycles. The van der Waals surface area contributed by atoms with E-state index in [1.165, 1.54) is 0 Å². The second kappa shape index (κ2) is 6.96. The molecule has 0 aliphatic rings. The third-order valence-electron chi connectivity index (χ3n) is 2.69. The maximum atomic E-state index is 12.1. The number of hydrogen-bond donors (Lipinski definition) is 0. The molecule has 1 atom stereocenters. The predicted octanol–water partition coefficient (Wildman–Crippen LogP) is 4.64. The normalized spacial score (nSPS) is 15.3. The average Bonchev–Trinajstić information content (AvgIpc) is 2.12. The fraction of sp³-hybridized carbons (Fsp3) is 0.786.